The number of rotatable bonds is 4. The van der Waals surface area contributed by atoms with Crippen molar-refractivity contribution in [2.24, 2.45) is 0 Å². The van der Waals surface area contributed by atoms with E-state index in [1.807, 2.05) is 42.5 Å². The van der Waals surface area contributed by atoms with Crippen LogP contribution in [-0.4, -0.2) is 19.1 Å². The zero-order valence-corrected chi connectivity index (χ0v) is 13.4. The largest absolute Gasteiger partial charge is 0.493 e. The number of carbonyl (C=O) groups excluding carboxylic acids is 1. The summed E-state index contributed by atoms with van der Waals surface area (Å²) in [6.07, 6.45) is 0.399. The van der Waals surface area contributed by atoms with E-state index in [1.165, 1.54) is 10.9 Å². The lowest BCUT2D eigenvalue weighted by Crippen LogP contribution is -2.30. The van der Waals surface area contributed by atoms with Gasteiger partial charge in [-0.2, -0.15) is 0 Å². The number of amides is 1. The van der Waals surface area contributed by atoms with Crippen molar-refractivity contribution in [3.63, 3.8) is 0 Å². The zero-order chi connectivity index (χ0) is 16.4. The Kier molecular flexibility index (Phi) is 3.91. The van der Waals surface area contributed by atoms with Crippen molar-refractivity contribution in [3.8, 4) is 5.75 Å². The molecule has 4 rings (SSSR count). The van der Waals surface area contributed by atoms with E-state index < -0.39 is 0 Å². The van der Waals surface area contributed by atoms with Crippen LogP contribution in [0.25, 0.3) is 10.8 Å². The van der Waals surface area contributed by atoms with Crippen molar-refractivity contribution in [1.82, 2.24) is 5.32 Å². The Bertz CT molecular complexity index is 882. The lowest BCUT2D eigenvalue weighted by Gasteiger charge is -2.11. The van der Waals surface area contributed by atoms with Crippen LogP contribution in [0.4, 0.5) is 0 Å². The highest BCUT2D eigenvalue weighted by atomic mass is 16.5. The van der Waals surface area contributed by atoms with E-state index in [0.717, 1.165) is 16.7 Å². The fraction of sp³-hybridized carbons (Fsp3) is 0.190. The number of para-hydroxylation sites is 1. The second-order valence-corrected chi connectivity index (χ2v) is 6.16. The molecule has 0 aromatic heterocycles. The van der Waals surface area contributed by atoms with Gasteiger partial charge in [0.1, 0.15) is 5.75 Å². The Morgan fingerprint density at radius 2 is 1.79 bits per heavy atom. The van der Waals surface area contributed by atoms with Crippen LogP contribution in [0.5, 0.6) is 5.75 Å². The van der Waals surface area contributed by atoms with E-state index in [9.17, 15) is 4.79 Å². The minimum absolute atomic E-state index is 0.0516. The average molecular weight is 317 g/mol. The molecule has 3 heteroatoms. The standard InChI is InChI=1S/C21H19NO2/c23-21(12-16-8-5-7-15-6-1-2-9-18(15)16)22-13-17-14-24-20-11-4-3-10-19(17)20/h1-11,17H,12-14H2,(H,22,23)/t17-/m1/s1. The fourth-order valence-electron chi connectivity index (χ4n) is 3.32. The van der Waals surface area contributed by atoms with Crippen molar-refractivity contribution in [3.05, 3.63) is 77.9 Å². The third-order valence-electron chi connectivity index (χ3n) is 4.58. The first kappa shape index (κ1) is 14.8. The Labute approximate surface area is 141 Å². The Morgan fingerprint density at radius 1 is 1.00 bits per heavy atom. The zero-order valence-electron chi connectivity index (χ0n) is 13.4. The minimum Gasteiger partial charge on any atom is -0.493 e. The van der Waals surface area contributed by atoms with Gasteiger partial charge in [0, 0.05) is 18.0 Å². The maximum absolute atomic E-state index is 12.4. The van der Waals surface area contributed by atoms with Crippen molar-refractivity contribution >= 4 is 16.7 Å². The number of hydrogen-bond donors (Lipinski definition) is 1. The summed E-state index contributed by atoms with van der Waals surface area (Å²) in [7, 11) is 0. The van der Waals surface area contributed by atoms with Crippen molar-refractivity contribution < 1.29 is 9.53 Å². The number of ether oxygens (including phenoxy) is 1. The second-order valence-electron chi connectivity index (χ2n) is 6.16. The van der Waals surface area contributed by atoms with Crippen LogP contribution in [0.3, 0.4) is 0 Å². The van der Waals surface area contributed by atoms with E-state index in [0.29, 0.717) is 19.6 Å². The first-order valence-corrected chi connectivity index (χ1v) is 8.26. The third-order valence-corrected chi connectivity index (χ3v) is 4.58. The molecule has 0 saturated heterocycles. The Balaban J connectivity index is 1.42. The highest BCUT2D eigenvalue weighted by molar-refractivity contribution is 5.90. The number of hydrogen-bond acceptors (Lipinski definition) is 2. The number of nitrogens with one attached hydrogen (secondary N) is 1. The van der Waals surface area contributed by atoms with E-state index >= 15 is 0 Å². The Morgan fingerprint density at radius 3 is 2.75 bits per heavy atom. The van der Waals surface area contributed by atoms with Crippen LogP contribution in [0.1, 0.15) is 17.0 Å². The molecule has 0 saturated carbocycles. The van der Waals surface area contributed by atoms with Gasteiger partial charge in [0.25, 0.3) is 0 Å². The van der Waals surface area contributed by atoms with Gasteiger partial charge in [0.05, 0.1) is 13.0 Å². The molecule has 24 heavy (non-hydrogen) atoms. The molecule has 1 aliphatic heterocycles. The summed E-state index contributed by atoms with van der Waals surface area (Å²) < 4.78 is 5.67. The van der Waals surface area contributed by atoms with Gasteiger partial charge >= 0.3 is 0 Å². The molecule has 0 unspecified atom stereocenters. The second kappa shape index (κ2) is 6.36. The van der Waals surface area contributed by atoms with Crippen molar-refractivity contribution in [1.29, 1.82) is 0 Å². The van der Waals surface area contributed by atoms with Crippen LogP contribution < -0.4 is 10.1 Å². The van der Waals surface area contributed by atoms with E-state index in [2.05, 4.69) is 29.6 Å². The molecular formula is C21H19NO2. The molecule has 0 bridgehead atoms. The van der Waals surface area contributed by atoms with Gasteiger partial charge in [-0.15, -0.1) is 0 Å². The van der Waals surface area contributed by atoms with Gasteiger partial charge in [0.15, 0.2) is 0 Å². The molecule has 1 atom stereocenters. The Hall–Kier alpha value is -2.81. The van der Waals surface area contributed by atoms with Crippen LogP contribution in [0.2, 0.25) is 0 Å². The average Bonchev–Trinajstić information content (AvgIpc) is 3.04. The molecule has 0 aliphatic carbocycles. The molecule has 120 valence electrons. The van der Waals surface area contributed by atoms with Gasteiger partial charge in [-0.3, -0.25) is 4.79 Å². The van der Waals surface area contributed by atoms with Gasteiger partial charge in [0.2, 0.25) is 5.91 Å². The molecule has 3 aromatic rings. The van der Waals surface area contributed by atoms with Crippen LogP contribution in [-0.2, 0) is 11.2 Å². The van der Waals surface area contributed by atoms with Gasteiger partial charge < -0.3 is 10.1 Å². The SMILES string of the molecule is O=C(Cc1cccc2ccccc12)NC[C@@H]1COc2ccccc21. The molecular weight excluding hydrogens is 298 g/mol. The molecule has 3 aromatic carbocycles. The number of carbonyl (C=O) groups is 1. The molecule has 3 nitrogen and oxygen atoms in total. The highest BCUT2D eigenvalue weighted by Crippen LogP contribution is 2.32. The summed E-state index contributed by atoms with van der Waals surface area (Å²) in [6, 6.07) is 22.3. The molecule has 1 aliphatic rings. The molecule has 0 radical (unpaired) electrons. The predicted octanol–water partition coefficient (Wildman–Crippen LogP) is 3.67. The summed E-state index contributed by atoms with van der Waals surface area (Å²) >= 11 is 0. The molecule has 0 fully saturated rings. The fourth-order valence-corrected chi connectivity index (χ4v) is 3.32. The molecule has 1 N–H and O–H groups in total. The third kappa shape index (κ3) is 2.85. The van der Waals surface area contributed by atoms with Gasteiger partial charge in [-0.1, -0.05) is 60.7 Å². The molecule has 1 heterocycles. The predicted molar refractivity (Wildman–Crippen MR) is 95.3 cm³/mol. The number of benzene rings is 3. The number of fused-ring (bicyclic) bond motifs is 2. The lowest BCUT2D eigenvalue weighted by molar-refractivity contribution is -0.120. The monoisotopic (exact) mass is 317 g/mol. The summed E-state index contributed by atoms with van der Waals surface area (Å²) in [6.45, 7) is 1.24. The van der Waals surface area contributed by atoms with Crippen LogP contribution in [0, 0.1) is 0 Å². The quantitative estimate of drug-likeness (QED) is 0.797. The van der Waals surface area contributed by atoms with Gasteiger partial charge in [-0.05, 0) is 22.4 Å². The van der Waals surface area contributed by atoms with E-state index in [-0.39, 0.29) is 11.8 Å². The maximum Gasteiger partial charge on any atom is 0.224 e. The summed E-state index contributed by atoms with van der Waals surface area (Å²) in [5.74, 6) is 1.22. The van der Waals surface area contributed by atoms with Crippen molar-refractivity contribution in [2.75, 3.05) is 13.2 Å². The van der Waals surface area contributed by atoms with Crippen LogP contribution in [0.15, 0.2) is 66.7 Å². The molecule has 1 amide bonds. The minimum atomic E-state index is 0.0516. The highest BCUT2D eigenvalue weighted by Gasteiger charge is 2.23. The smallest absolute Gasteiger partial charge is 0.224 e. The van der Waals surface area contributed by atoms with Crippen molar-refractivity contribution in [2.45, 2.75) is 12.3 Å². The van der Waals surface area contributed by atoms with E-state index in [4.69, 9.17) is 4.74 Å². The molecule has 0 spiro atoms. The first-order valence-electron chi connectivity index (χ1n) is 8.26. The lowest BCUT2D eigenvalue weighted by atomic mass is 10.0. The summed E-state index contributed by atoms with van der Waals surface area (Å²) in [4.78, 5) is 12.4. The summed E-state index contributed by atoms with van der Waals surface area (Å²) in [5.41, 5.74) is 2.25. The topological polar surface area (TPSA) is 38.3 Å². The first-order chi connectivity index (χ1) is 11.8. The maximum atomic E-state index is 12.4. The summed E-state index contributed by atoms with van der Waals surface area (Å²) in [5, 5.41) is 5.37. The normalized spacial score (nSPS) is 15.8. The van der Waals surface area contributed by atoms with Gasteiger partial charge in [-0.25, -0.2) is 0 Å². The van der Waals surface area contributed by atoms with Crippen LogP contribution >= 0.6 is 0 Å². The van der Waals surface area contributed by atoms with E-state index in [1.54, 1.807) is 0 Å².